The number of unbranched alkanes of at least 4 members (excludes halogenated alkanes) is 4. The van der Waals surface area contributed by atoms with Gasteiger partial charge in [-0.25, -0.2) is 0 Å². The van der Waals surface area contributed by atoms with Gasteiger partial charge >= 0.3 is 16.5 Å². The van der Waals surface area contributed by atoms with Gasteiger partial charge in [-0.3, -0.25) is 0 Å². The highest BCUT2D eigenvalue weighted by molar-refractivity contribution is 9.09. The van der Waals surface area contributed by atoms with Crippen molar-refractivity contribution >= 4 is 48.4 Å². The lowest BCUT2D eigenvalue weighted by atomic mass is 9.65. The van der Waals surface area contributed by atoms with Gasteiger partial charge in [0, 0.05) is 19.8 Å². The first-order valence-corrected chi connectivity index (χ1v) is 16.3. The molecule has 9 heteroatoms. The van der Waals surface area contributed by atoms with Gasteiger partial charge in [0.25, 0.3) is 0 Å². The molecule has 0 saturated heterocycles. The summed E-state index contributed by atoms with van der Waals surface area (Å²) < 4.78 is 22.2. The molecule has 3 atom stereocenters. The number of rotatable bonds is 17. The van der Waals surface area contributed by atoms with Gasteiger partial charge in [-0.15, -0.1) is 9.79 Å². The van der Waals surface area contributed by atoms with Crippen molar-refractivity contribution in [2.45, 2.75) is 118 Å². The predicted molar refractivity (Wildman–Crippen MR) is 143 cm³/mol. The predicted octanol–water partition coefficient (Wildman–Crippen LogP) is 9.84. The van der Waals surface area contributed by atoms with E-state index in [4.69, 9.17) is 9.79 Å². The van der Waals surface area contributed by atoms with Crippen LogP contribution >= 0.6 is 48.4 Å². The van der Waals surface area contributed by atoms with E-state index in [0.717, 1.165) is 16.6 Å². The van der Waals surface area contributed by atoms with Crippen molar-refractivity contribution in [1.29, 1.82) is 0 Å². The zero-order chi connectivity index (χ0) is 24.5. The minimum Gasteiger partial charge on any atom is -0.131 e. The van der Waals surface area contributed by atoms with Gasteiger partial charge in [-0.2, -0.15) is 0 Å². The maximum Gasteiger partial charge on any atom is 0.745 e. The second kappa shape index (κ2) is 27.3. The monoisotopic (exact) mass is 612 g/mol. The van der Waals surface area contributed by atoms with Crippen LogP contribution in [0.3, 0.4) is 0 Å². The van der Waals surface area contributed by atoms with Gasteiger partial charge in [0.05, 0.1) is 0 Å². The van der Waals surface area contributed by atoms with Crippen molar-refractivity contribution in [3.05, 3.63) is 0 Å². The van der Waals surface area contributed by atoms with E-state index in [9.17, 15) is 9.13 Å². The molecule has 0 rings (SSSR count). The molecule has 0 saturated carbocycles. The van der Waals surface area contributed by atoms with Crippen LogP contribution < -0.4 is 0 Å². The fourth-order valence-electron chi connectivity index (χ4n) is 3.63. The van der Waals surface area contributed by atoms with E-state index in [0.29, 0.717) is 5.41 Å². The molecule has 2 N–H and O–H groups in total. The Kier molecular flexibility index (Phi) is 32.2. The van der Waals surface area contributed by atoms with Gasteiger partial charge < -0.3 is 0 Å². The van der Waals surface area contributed by atoms with Gasteiger partial charge in [-0.05, 0) is 37.0 Å². The Bertz CT molecular complexity index is 380. The van der Waals surface area contributed by atoms with Crippen LogP contribution in [0.1, 0.15) is 118 Å². The zero-order valence-electron chi connectivity index (χ0n) is 20.5. The second-order valence-electron chi connectivity index (χ2n) is 8.01. The molecular formula is C22H48Br2O5P2+2. The Balaban J connectivity index is -0.000000533. The van der Waals surface area contributed by atoms with Gasteiger partial charge in [0.2, 0.25) is 0 Å². The third kappa shape index (κ3) is 25.5. The van der Waals surface area contributed by atoms with Crippen molar-refractivity contribution in [1.82, 2.24) is 0 Å². The number of hydrogen-bond acceptors (Lipinski definition) is 3. The van der Waals surface area contributed by atoms with E-state index in [-0.39, 0.29) is 0 Å². The van der Waals surface area contributed by atoms with Gasteiger partial charge in [0.15, 0.2) is 4.31 Å². The van der Waals surface area contributed by atoms with Crippen LogP contribution in [0.4, 0.5) is 0 Å². The molecule has 31 heavy (non-hydrogen) atoms. The first-order chi connectivity index (χ1) is 14.7. The minimum atomic E-state index is -2.92. The molecule has 0 radical (unpaired) electrons. The molecule has 0 bridgehead atoms. The Hall–Kier alpha value is 1.04. The van der Waals surface area contributed by atoms with E-state index in [1.54, 1.807) is 0 Å². The topological polar surface area (TPSA) is 83.8 Å². The van der Waals surface area contributed by atoms with E-state index in [1.165, 1.54) is 83.5 Å². The van der Waals surface area contributed by atoms with Crippen LogP contribution in [-0.2, 0) is 13.4 Å². The first-order valence-electron chi connectivity index (χ1n) is 11.8. The summed E-state index contributed by atoms with van der Waals surface area (Å²) in [6, 6.07) is 0. The Morgan fingerprint density at radius 1 is 0.742 bits per heavy atom. The van der Waals surface area contributed by atoms with Gasteiger partial charge in [0.1, 0.15) is 0 Å². The SMILES string of the molecule is BrCCCBr.CCCCC(C)C(CCCC)(CCCC)CCCC.O=[P+](O)O[P+](=O)O. The molecule has 188 valence electrons. The van der Waals surface area contributed by atoms with Gasteiger partial charge in [-0.1, -0.05) is 124 Å². The summed E-state index contributed by atoms with van der Waals surface area (Å²) >= 11 is 6.56. The lowest BCUT2D eigenvalue weighted by molar-refractivity contribution is 0.105. The molecule has 0 aliphatic heterocycles. The standard InChI is InChI=1S/C19H40.C3H6Br2.O5P2/c1-6-10-14-18(5)19(15-11-7-2,16-12-8-3)17-13-9-4;4-2-1-3-5;1-6(2)5-7(3)4/h18H,6-17H2,1-5H3;1-3H2;/p+2. The molecule has 0 fully saturated rings. The van der Waals surface area contributed by atoms with Crippen LogP contribution in [0.5, 0.6) is 0 Å². The third-order valence-electron chi connectivity index (χ3n) is 5.53. The largest absolute Gasteiger partial charge is 0.745 e. The summed E-state index contributed by atoms with van der Waals surface area (Å²) in [7, 11) is -5.85. The second-order valence-corrected chi connectivity index (χ2v) is 11.2. The molecule has 0 amide bonds. The van der Waals surface area contributed by atoms with Crippen LogP contribution in [0.15, 0.2) is 0 Å². The number of halogens is 2. The van der Waals surface area contributed by atoms with Crippen molar-refractivity contribution in [3.63, 3.8) is 0 Å². The number of alkyl halides is 2. The summed E-state index contributed by atoms with van der Waals surface area (Å²) in [4.78, 5) is 15.3. The van der Waals surface area contributed by atoms with Crippen molar-refractivity contribution in [3.8, 4) is 0 Å². The summed E-state index contributed by atoms with van der Waals surface area (Å²) in [6.07, 6.45) is 18.3. The summed E-state index contributed by atoms with van der Waals surface area (Å²) in [5, 5.41) is 2.22. The normalized spacial score (nSPS) is 12.8. The minimum absolute atomic E-state index is 0.664. The highest BCUT2D eigenvalue weighted by Gasteiger charge is 2.33. The maximum atomic E-state index is 9.39. The lowest BCUT2D eigenvalue weighted by Crippen LogP contribution is -2.29. The molecule has 0 aromatic rings. The fourth-order valence-corrected chi connectivity index (χ4v) is 5.42. The number of hydrogen-bond donors (Lipinski definition) is 2. The van der Waals surface area contributed by atoms with Crippen molar-refractivity contribution in [2.75, 3.05) is 10.7 Å². The maximum absolute atomic E-state index is 9.39. The fraction of sp³-hybridized carbons (Fsp3) is 1.00. The van der Waals surface area contributed by atoms with E-state index in [1.807, 2.05) is 0 Å². The molecule has 0 aromatic carbocycles. The molecule has 5 nitrogen and oxygen atoms in total. The zero-order valence-corrected chi connectivity index (χ0v) is 25.4. The average molecular weight is 614 g/mol. The Labute approximate surface area is 211 Å². The quantitative estimate of drug-likeness (QED) is 0.126. The summed E-state index contributed by atoms with van der Waals surface area (Å²) in [6.45, 7) is 11.9. The Morgan fingerprint density at radius 3 is 1.29 bits per heavy atom. The third-order valence-corrected chi connectivity index (χ3v) is 7.77. The Morgan fingerprint density at radius 2 is 1.10 bits per heavy atom. The van der Waals surface area contributed by atoms with E-state index in [2.05, 4.69) is 70.8 Å². The molecule has 0 aliphatic carbocycles. The highest BCUT2D eigenvalue weighted by Crippen LogP contribution is 2.45. The smallest absolute Gasteiger partial charge is 0.131 e. The first kappa shape index (κ1) is 36.6. The van der Waals surface area contributed by atoms with E-state index < -0.39 is 16.5 Å². The lowest BCUT2D eigenvalue weighted by Gasteiger charge is -2.40. The summed E-state index contributed by atoms with van der Waals surface area (Å²) in [5.74, 6) is 0.928. The molecule has 0 spiro atoms. The molecule has 0 aliphatic rings. The molecular weight excluding hydrogens is 566 g/mol. The van der Waals surface area contributed by atoms with Crippen LogP contribution in [0.2, 0.25) is 0 Å². The van der Waals surface area contributed by atoms with Crippen molar-refractivity contribution in [2.24, 2.45) is 11.3 Å². The average Bonchev–Trinajstić information content (AvgIpc) is 2.72. The van der Waals surface area contributed by atoms with Crippen LogP contribution in [-0.4, -0.2) is 20.4 Å². The highest BCUT2D eigenvalue weighted by atomic mass is 79.9. The van der Waals surface area contributed by atoms with Crippen LogP contribution in [0.25, 0.3) is 0 Å². The molecule has 3 unspecified atom stereocenters. The van der Waals surface area contributed by atoms with E-state index >= 15 is 0 Å². The molecule has 0 aromatic heterocycles. The van der Waals surface area contributed by atoms with Crippen LogP contribution in [0, 0.1) is 11.3 Å². The van der Waals surface area contributed by atoms with Crippen molar-refractivity contribution < 1.29 is 23.2 Å². The summed E-state index contributed by atoms with van der Waals surface area (Å²) in [5.41, 5.74) is 0.664. The molecule has 0 heterocycles.